The molecule has 24 heavy (non-hydrogen) atoms. The lowest BCUT2D eigenvalue weighted by Gasteiger charge is -2.14. The zero-order chi connectivity index (χ0) is 17.4. The minimum Gasteiger partial charge on any atom is -0.357 e. The van der Waals surface area contributed by atoms with Crippen LogP contribution in [0.3, 0.4) is 0 Å². The highest BCUT2D eigenvalue weighted by Gasteiger charge is 2.17. The van der Waals surface area contributed by atoms with Gasteiger partial charge in [0, 0.05) is 41.7 Å². The number of hydrogen-bond acceptors (Lipinski definition) is 4. The second kappa shape index (κ2) is 9.18. The summed E-state index contributed by atoms with van der Waals surface area (Å²) < 4.78 is 0. The van der Waals surface area contributed by atoms with E-state index < -0.39 is 0 Å². The molecule has 0 amide bonds. The predicted molar refractivity (Wildman–Crippen MR) is 107 cm³/mol. The van der Waals surface area contributed by atoms with E-state index in [2.05, 4.69) is 66.2 Å². The molecule has 6 heteroatoms. The third-order valence-corrected chi connectivity index (χ3v) is 5.35. The average Bonchev–Trinajstić information content (AvgIpc) is 3.18. The molecule has 0 atom stereocenters. The molecule has 0 aliphatic heterocycles. The standard InChI is InChI=1S/C18H28N4S2/c1-5-19-17(20-10-8-14-7-6-12-23-14)21-11-9-16-22-15(13-24-16)18(2,3)4/h6-7,12-13H,5,8-11H2,1-4H3,(H2,19,20,21). The van der Waals surface area contributed by atoms with E-state index in [-0.39, 0.29) is 5.41 Å². The summed E-state index contributed by atoms with van der Waals surface area (Å²) in [6.45, 7) is 11.2. The van der Waals surface area contributed by atoms with Crippen LogP contribution in [0, 0.1) is 0 Å². The fraction of sp³-hybridized carbons (Fsp3) is 0.556. The second-order valence-electron chi connectivity index (χ2n) is 6.64. The Hall–Kier alpha value is -1.40. The number of guanidine groups is 1. The van der Waals surface area contributed by atoms with Crippen LogP contribution in [0.25, 0.3) is 0 Å². The van der Waals surface area contributed by atoms with Crippen LogP contribution in [0.15, 0.2) is 27.9 Å². The molecule has 4 nitrogen and oxygen atoms in total. The SMILES string of the molecule is CCNC(=NCCc1nc(C(C)(C)C)cs1)NCCc1cccs1. The monoisotopic (exact) mass is 364 g/mol. The fourth-order valence-corrected chi connectivity index (χ4v) is 3.86. The number of hydrogen-bond donors (Lipinski definition) is 2. The number of thiazole rings is 1. The quantitative estimate of drug-likeness (QED) is 0.580. The summed E-state index contributed by atoms with van der Waals surface area (Å²) in [5.74, 6) is 0.890. The Morgan fingerprint density at radius 1 is 1.21 bits per heavy atom. The van der Waals surface area contributed by atoms with Crippen molar-refractivity contribution in [2.75, 3.05) is 19.6 Å². The van der Waals surface area contributed by atoms with E-state index in [1.807, 2.05) is 0 Å². The highest BCUT2D eigenvalue weighted by molar-refractivity contribution is 7.10. The van der Waals surface area contributed by atoms with Crippen molar-refractivity contribution in [1.29, 1.82) is 0 Å². The van der Waals surface area contributed by atoms with Crippen molar-refractivity contribution in [3.63, 3.8) is 0 Å². The minimum atomic E-state index is 0.121. The molecule has 2 heterocycles. The Morgan fingerprint density at radius 2 is 2.04 bits per heavy atom. The van der Waals surface area contributed by atoms with Crippen LogP contribution in [-0.4, -0.2) is 30.6 Å². The predicted octanol–water partition coefficient (Wildman–Crippen LogP) is 3.84. The first-order chi connectivity index (χ1) is 11.5. The molecule has 0 aliphatic rings. The Balaban J connectivity index is 1.80. The van der Waals surface area contributed by atoms with Gasteiger partial charge in [-0.1, -0.05) is 26.8 Å². The summed E-state index contributed by atoms with van der Waals surface area (Å²) in [5.41, 5.74) is 1.29. The van der Waals surface area contributed by atoms with E-state index in [9.17, 15) is 0 Å². The number of nitrogens with zero attached hydrogens (tertiary/aromatic N) is 2. The van der Waals surface area contributed by atoms with Gasteiger partial charge >= 0.3 is 0 Å². The maximum Gasteiger partial charge on any atom is 0.191 e. The van der Waals surface area contributed by atoms with Crippen LogP contribution in [0.4, 0.5) is 0 Å². The number of aromatic nitrogens is 1. The van der Waals surface area contributed by atoms with Crippen LogP contribution in [-0.2, 0) is 18.3 Å². The Bertz CT molecular complexity index is 624. The first-order valence-corrected chi connectivity index (χ1v) is 10.2. The van der Waals surface area contributed by atoms with Gasteiger partial charge in [0.1, 0.15) is 0 Å². The second-order valence-corrected chi connectivity index (χ2v) is 8.62. The number of aliphatic imine (C=N–C) groups is 1. The summed E-state index contributed by atoms with van der Waals surface area (Å²) >= 11 is 3.54. The highest BCUT2D eigenvalue weighted by Crippen LogP contribution is 2.23. The van der Waals surface area contributed by atoms with Gasteiger partial charge in [0.2, 0.25) is 0 Å². The summed E-state index contributed by atoms with van der Waals surface area (Å²) in [5, 5.41) is 12.2. The highest BCUT2D eigenvalue weighted by atomic mass is 32.1. The van der Waals surface area contributed by atoms with Crippen molar-refractivity contribution in [2.45, 2.75) is 46.0 Å². The van der Waals surface area contributed by atoms with Gasteiger partial charge in [0.25, 0.3) is 0 Å². The molecule has 0 unspecified atom stereocenters. The molecule has 0 bridgehead atoms. The molecule has 0 fully saturated rings. The zero-order valence-electron chi connectivity index (χ0n) is 15.1. The van der Waals surface area contributed by atoms with E-state index >= 15 is 0 Å². The molecular formula is C18H28N4S2. The van der Waals surface area contributed by atoms with Gasteiger partial charge in [0.15, 0.2) is 5.96 Å². The van der Waals surface area contributed by atoms with Crippen LogP contribution in [0.1, 0.15) is 43.3 Å². The van der Waals surface area contributed by atoms with E-state index in [0.29, 0.717) is 0 Å². The summed E-state index contributed by atoms with van der Waals surface area (Å²) in [6.07, 6.45) is 1.92. The molecule has 0 saturated carbocycles. The van der Waals surface area contributed by atoms with Crippen molar-refractivity contribution >= 4 is 28.6 Å². The lowest BCUT2D eigenvalue weighted by Crippen LogP contribution is -2.38. The van der Waals surface area contributed by atoms with Gasteiger partial charge in [-0.25, -0.2) is 4.98 Å². The lowest BCUT2D eigenvalue weighted by molar-refractivity contribution is 0.571. The first kappa shape index (κ1) is 18.9. The molecular weight excluding hydrogens is 336 g/mol. The maximum atomic E-state index is 4.73. The van der Waals surface area contributed by atoms with E-state index in [0.717, 1.165) is 43.4 Å². The van der Waals surface area contributed by atoms with Gasteiger partial charge < -0.3 is 10.6 Å². The maximum absolute atomic E-state index is 4.73. The molecule has 2 aromatic heterocycles. The van der Waals surface area contributed by atoms with Crippen molar-refractivity contribution in [3.05, 3.63) is 38.5 Å². The Morgan fingerprint density at radius 3 is 2.67 bits per heavy atom. The molecule has 0 saturated heterocycles. The van der Waals surface area contributed by atoms with Gasteiger partial charge in [0.05, 0.1) is 10.7 Å². The lowest BCUT2D eigenvalue weighted by atomic mass is 9.93. The smallest absolute Gasteiger partial charge is 0.191 e. The van der Waals surface area contributed by atoms with Crippen LogP contribution >= 0.6 is 22.7 Å². The van der Waals surface area contributed by atoms with E-state index in [1.54, 1.807) is 22.7 Å². The summed E-state index contributed by atoms with van der Waals surface area (Å²) in [6, 6.07) is 4.27. The zero-order valence-corrected chi connectivity index (χ0v) is 16.7. The number of rotatable bonds is 7. The van der Waals surface area contributed by atoms with Crippen LogP contribution in [0.5, 0.6) is 0 Å². The van der Waals surface area contributed by atoms with Crippen molar-refractivity contribution < 1.29 is 0 Å². The molecule has 2 aromatic rings. The van der Waals surface area contributed by atoms with Gasteiger partial charge in [-0.3, -0.25) is 4.99 Å². The van der Waals surface area contributed by atoms with E-state index in [1.165, 1.54) is 10.6 Å². The van der Waals surface area contributed by atoms with Crippen molar-refractivity contribution in [1.82, 2.24) is 15.6 Å². The van der Waals surface area contributed by atoms with Gasteiger partial charge in [-0.05, 0) is 24.8 Å². The van der Waals surface area contributed by atoms with Crippen molar-refractivity contribution in [3.8, 4) is 0 Å². The molecule has 0 aliphatic carbocycles. The summed E-state index contributed by atoms with van der Waals surface area (Å²) in [4.78, 5) is 10.8. The third kappa shape index (κ3) is 6.24. The third-order valence-electron chi connectivity index (χ3n) is 3.50. The van der Waals surface area contributed by atoms with Gasteiger partial charge in [-0.2, -0.15) is 0 Å². The average molecular weight is 365 g/mol. The molecule has 0 aromatic carbocycles. The Labute approximate surface area is 153 Å². The van der Waals surface area contributed by atoms with Crippen LogP contribution in [0.2, 0.25) is 0 Å². The van der Waals surface area contributed by atoms with Crippen molar-refractivity contribution in [2.24, 2.45) is 4.99 Å². The van der Waals surface area contributed by atoms with Gasteiger partial charge in [-0.15, -0.1) is 22.7 Å². The minimum absolute atomic E-state index is 0.121. The molecule has 2 N–H and O–H groups in total. The normalized spacial score (nSPS) is 12.4. The van der Waals surface area contributed by atoms with Crippen LogP contribution < -0.4 is 10.6 Å². The molecule has 132 valence electrons. The molecule has 2 rings (SSSR count). The fourth-order valence-electron chi connectivity index (χ4n) is 2.13. The number of nitrogens with one attached hydrogen (secondary N) is 2. The van der Waals surface area contributed by atoms with E-state index in [4.69, 9.17) is 4.98 Å². The number of thiophene rings is 1. The molecule has 0 spiro atoms. The molecule has 0 radical (unpaired) electrons. The summed E-state index contributed by atoms with van der Waals surface area (Å²) in [7, 11) is 0. The first-order valence-electron chi connectivity index (χ1n) is 8.48. The topological polar surface area (TPSA) is 49.3 Å². The Kier molecular flexibility index (Phi) is 7.24. The largest absolute Gasteiger partial charge is 0.357 e.